The maximum Gasteiger partial charge on any atom is 0.339 e. The summed E-state index contributed by atoms with van der Waals surface area (Å²) in [6, 6.07) is 12.1. The SMILES string of the molecule is Cc1cc([N+](=O)[O-])cc(S(=O)(=O)Oc2ccc(N(C)S(=O)(=O)c3ccccc3F)cc2)c1C. The van der Waals surface area contributed by atoms with Crippen molar-refractivity contribution < 1.29 is 30.3 Å². The van der Waals surface area contributed by atoms with Crippen LogP contribution in [-0.2, 0) is 20.1 Å². The third-order valence-electron chi connectivity index (χ3n) is 4.97. The second kappa shape index (κ2) is 8.79. The lowest BCUT2D eigenvalue weighted by Gasteiger charge is -2.20. The molecule has 12 heteroatoms. The minimum absolute atomic E-state index is 0.130. The second-order valence-corrected chi connectivity index (χ2v) is 10.5. The third kappa shape index (κ3) is 4.81. The van der Waals surface area contributed by atoms with E-state index in [0.717, 1.165) is 22.5 Å². The number of anilines is 1. The van der Waals surface area contributed by atoms with E-state index in [0.29, 0.717) is 11.1 Å². The minimum atomic E-state index is -4.42. The van der Waals surface area contributed by atoms with E-state index >= 15 is 0 Å². The molecule has 3 rings (SSSR count). The van der Waals surface area contributed by atoms with Gasteiger partial charge >= 0.3 is 10.1 Å². The van der Waals surface area contributed by atoms with Crippen molar-refractivity contribution in [2.24, 2.45) is 0 Å². The summed E-state index contributed by atoms with van der Waals surface area (Å²) >= 11 is 0. The van der Waals surface area contributed by atoms with Gasteiger partial charge in [0.25, 0.3) is 15.7 Å². The Balaban J connectivity index is 1.90. The van der Waals surface area contributed by atoms with Crippen LogP contribution in [0.1, 0.15) is 11.1 Å². The quantitative estimate of drug-likeness (QED) is 0.277. The fourth-order valence-corrected chi connectivity index (χ4v) is 5.51. The minimum Gasteiger partial charge on any atom is -0.379 e. The monoisotopic (exact) mass is 494 g/mol. The lowest BCUT2D eigenvalue weighted by molar-refractivity contribution is -0.385. The number of benzene rings is 3. The molecule has 0 saturated carbocycles. The smallest absolute Gasteiger partial charge is 0.339 e. The fraction of sp³-hybridized carbons (Fsp3) is 0.143. The Labute approximate surface area is 190 Å². The molecule has 0 atom stereocenters. The van der Waals surface area contributed by atoms with Crippen LogP contribution in [0.3, 0.4) is 0 Å². The number of non-ortho nitro benzene ring substituents is 1. The second-order valence-electron chi connectivity index (χ2n) is 7.08. The van der Waals surface area contributed by atoms with Gasteiger partial charge in [0.05, 0.1) is 10.6 Å². The van der Waals surface area contributed by atoms with Crippen molar-refractivity contribution in [1.29, 1.82) is 0 Å². The molecular formula is C21H19FN2O7S2. The summed E-state index contributed by atoms with van der Waals surface area (Å²) in [7, 11) is -7.39. The number of aryl methyl sites for hydroxylation is 1. The lowest BCUT2D eigenvalue weighted by atomic mass is 10.1. The number of rotatable bonds is 7. The first-order chi connectivity index (χ1) is 15.3. The van der Waals surface area contributed by atoms with Gasteiger partial charge < -0.3 is 4.18 Å². The zero-order valence-corrected chi connectivity index (χ0v) is 19.4. The van der Waals surface area contributed by atoms with Crippen molar-refractivity contribution in [2.75, 3.05) is 11.4 Å². The molecule has 0 aliphatic carbocycles. The largest absolute Gasteiger partial charge is 0.379 e. The van der Waals surface area contributed by atoms with Crippen molar-refractivity contribution in [3.8, 4) is 5.75 Å². The van der Waals surface area contributed by atoms with Gasteiger partial charge in [-0.3, -0.25) is 14.4 Å². The van der Waals surface area contributed by atoms with E-state index in [1.165, 1.54) is 56.4 Å². The molecule has 9 nitrogen and oxygen atoms in total. The van der Waals surface area contributed by atoms with Crippen molar-refractivity contribution >= 4 is 31.5 Å². The van der Waals surface area contributed by atoms with E-state index in [9.17, 15) is 31.3 Å². The Morgan fingerprint density at radius 2 is 1.55 bits per heavy atom. The van der Waals surface area contributed by atoms with Crippen molar-refractivity contribution in [2.45, 2.75) is 23.6 Å². The van der Waals surface area contributed by atoms with Crippen LogP contribution in [0.25, 0.3) is 0 Å². The molecule has 0 aliphatic heterocycles. The molecular weight excluding hydrogens is 475 g/mol. The average Bonchev–Trinajstić information content (AvgIpc) is 2.75. The summed E-state index contributed by atoms with van der Waals surface area (Å²) in [6.45, 7) is 3.04. The number of halogens is 1. The van der Waals surface area contributed by atoms with Gasteiger partial charge in [-0.2, -0.15) is 8.42 Å². The first kappa shape index (κ1) is 24.1. The van der Waals surface area contributed by atoms with Crippen LogP contribution in [0.15, 0.2) is 70.5 Å². The highest BCUT2D eigenvalue weighted by Gasteiger charge is 2.26. The highest BCUT2D eigenvalue weighted by atomic mass is 32.2. The highest BCUT2D eigenvalue weighted by molar-refractivity contribution is 7.92. The molecule has 0 bridgehead atoms. The molecule has 3 aromatic rings. The zero-order chi connectivity index (χ0) is 24.6. The number of hydrogen-bond acceptors (Lipinski definition) is 7. The van der Waals surface area contributed by atoms with Crippen LogP contribution in [-0.4, -0.2) is 28.8 Å². The predicted molar refractivity (Wildman–Crippen MR) is 119 cm³/mol. The van der Waals surface area contributed by atoms with Gasteiger partial charge in [-0.25, -0.2) is 12.8 Å². The van der Waals surface area contributed by atoms with Crippen LogP contribution >= 0.6 is 0 Å². The standard InChI is InChI=1S/C21H19FN2O7S2/c1-14-12-17(24(25)26)13-21(15(14)2)33(29,30)31-18-10-8-16(9-11-18)23(3)32(27,28)20-7-5-4-6-19(20)22/h4-13H,1-3H3. The Morgan fingerprint density at radius 3 is 2.12 bits per heavy atom. The number of nitro benzene ring substituents is 1. The Bertz CT molecular complexity index is 1440. The third-order valence-corrected chi connectivity index (χ3v) is 8.16. The van der Waals surface area contributed by atoms with Crippen LogP contribution in [0.5, 0.6) is 5.75 Å². The van der Waals surface area contributed by atoms with Crippen molar-refractivity contribution in [3.63, 3.8) is 0 Å². The summed E-state index contributed by atoms with van der Waals surface area (Å²) in [5.41, 5.74) is 0.440. The molecule has 0 spiro atoms. The zero-order valence-electron chi connectivity index (χ0n) is 17.7. The molecule has 33 heavy (non-hydrogen) atoms. The first-order valence-corrected chi connectivity index (χ1v) is 12.2. The van der Waals surface area contributed by atoms with E-state index in [-0.39, 0.29) is 16.3 Å². The summed E-state index contributed by atoms with van der Waals surface area (Å²) in [5, 5.41) is 11.1. The van der Waals surface area contributed by atoms with Crippen LogP contribution < -0.4 is 8.49 Å². The molecule has 174 valence electrons. The molecule has 0 unspecified atom stereocenters. The van der Waals surface area contributed by atoms with Crippen molar-refractivity contribution in [1.82, 2.24) is 0 Å². The molecule has 0 aromatic heterocycles. The topological polar surface area (TPSA) is 124 Å². The summed E-state index contributed by atoms with van der Waals surface area (Å²) in [4.78, 5) is 9.54. The van der Waals surface area contributed by atoms with Crippen molar-refractivity contribution in [3.05, 3.63) is 87.7 Å². The van der Waals surface area contributed by atoms with Gasteiger partial charge in [-0.05, 0) is 61.4 Å². The van der Waals surface area contributed by atoms with Gasteiger partial charge in [0.2, 0.25) is 0 Å². The van der Waals surface area contributed by atoms with Crippen LogP contribution in [0.4, 0.5) is 15.8 Å². The molecule has 0 aliphatic rings. The summed E-state index contributed by atoms with van der Waals surface area (Å²) < 4.78 is 70.9. The summed E-state index contributed by atoms with van der Waals surface area (Å²) in [6.07, 6.45) is 0. The summed E-state index contributed by atoms with van der Waals surface area (Å²) in [5.74, 6) is -1.04. The van der Waals surface area contributed by atoms with Gasteiger partial charge in [-0.1, -0.05) is 12.1 Å². The normalized spacial score (nSPS) is 11.8. The maximum atomic E-state index is 14.0. The Hall–Kier alpha value is -3.51. The molecule has 0 fully saturated rings. The highest BCUT2D eigenvalue weighted by Crippen LogP contribution is 2.30. The number of nitrogens with zero attached hydrogens (tertiary/aromatic N) is 2. The lowest BCUT2D eigenvalue weighted by Crippen LogP contribution is -2.27. The number of sulfonamides is 1. The molecule has 0 amide bonds. The van der Waals surface area contributed by atoms with Gasteiger partial charge in [0, 0.05) is 19.2 Å². The van der Waals surface area contributed by atoms with Gasteiger partial charge in [-0.15, -0.1) is 0 Å². The van der Waals surface area contributed by atoms with Crippen LogP contribution in [0, 0.1) is 29.8 Å². The Morgan fingerprint density at radius 1 is 0.939 bits per heavy atom. The molecule has 0 saturated heterocycles. The predicted octanol–water partition coefficient (Wildman–Crippen LogP) is 3.94. The van der Waals surface area contributed by atoms with E-state index in [1.807, 2.05) is 0 Å². The average molecular weight is 495 g/mol. The molecule has 0 N–H and O–H groups in total. The molecule has 0 heterocycles. The van der Waals surface area contributed by atoms with Gasteiger partial charge in [0.15, 0.2) is 0 Å². The van der Waals surface area contributed by atoms with Crippen LogP contribution in [0.2, 0.25) is 0 Å². The molecule has 3 aromatic carbocycles. The first-order valence-electron chi connectivity index (χ1n) is 9.38. The van der Waals surface area contributed by atoms with E-state index in [2.05, 4.69) is 0 Å². The number of hydrogen-bond donors (Lipinski definition) is 0. The van der Waals surface area contributed by atoms with Gasteiger partial charge in [0.1, 0.15) is 21.4 Å². The number of nitro groups is 1. The van der Waals surface area contributed by atoms with E-state index in [1.54, 1.807) is 6.92 Å². The van der Waals surface area contributed by atoms with E-state index in [4.69, 9.17) is 4.18 Å². The molecule has 0 radical (unpaired) electrons. The fourth-order valence-electron chi connectivity index (χ4n) is 3.00. The van der Waals surface area contributed by atoms with E-state index < -0.39 is 41.5 Å². The Kier molecular flexibility index (Phi) is 6.43. The maximum absolute atomic E-state index is 14.0.